The zero-order valence-corrected chi connectivity index (χ0v) is 6.91. The first-order chi connectivity index (χ1) is 5.59. The van der Waals surface area contributed by atoms with Crippen LogP contribution in [0.2, 0.25) is 5.15 Å². The van der Waals surface area contributed by atoms with Crippen molar-refractivity contribution in [2.75, 3.05) is 0 Å². The second-order valence-electron chi connectivity index (χ2n) is 2.85. The van der Waals surface area contributed by atoms with Crippen molar-refractivity contribution in [3.63, 3.8) is 0 Å². The van der Waals surface area contributed by atoms with Crippen LogP contribution in [0.25, 0.3) is 0 Å². The van der Waals surface area contributed by atoms with Gasteiger partial charge in [-0.05, 0) is 18.1 Å². The normalized spacial score (nSPS) is 19.2. The molecule has 64 valence electrons. The number of aromatic nitrogens is 1. The number of hydrogen-bond acceptors (Lipinski definition) is 1. The molecule has 1 aromatic rings. The lowest BCUT2D eigenvalue weighted by atomic mass is 10.2. The van der Waals surface area contributed by atoms with Gasteiger partial charge >= 0.3 is 0 Å². The van der Waals surface area contributed by atoms with E-state index in [4.69, 9.17) is 11.6 Å². The monoisotopic (exact) mass is 189 g/mol. The van der Waals surface area contributed by atoms with Crippen LogP contribution in [0.1, 0.15) is 17.7 Å². The Morgan fingerprint density at radius 2 is 2.17 bits per heavy atom. The Hall–Kier alpha value is -0.700. The SMILES string of the molecule is FC1(F)CCc2ccc(Cl)nc21. The lowest BCUT2D eigenvalue weighted by Crippen LogP contribution is -2.09. The summed E-state index contributed by atoms with van der Waals surface area (Å²) in [6.07, 6.45) is 0.252. The first kappa shape index (κ1) is 7.92. The molecule has 4 heteroatoms. The van der Waals surface area contributed by atoms with E-state index in [9.17, 15) is 8.78 Å². The summed E-state index contributed by atoms with van der Waals surface area (Å²) in [5.74, 6) is -2.78. The van der Waals surface area contributed by atoms with Crippen molar-refractivity contribution < 1.29 is 8.78 Å². The lowest BCUT2D eigenvalue weighted by Gasteiger charge is -2.07. The van der Waals surface area contributed by atoms with Crippen LogP contribution in [0.15, 0.2) is 12.1 Å². The Balaban J connectivity index is 2.57. The number of fused-ring (bicyclic) bond motifs is 1. The fourth-order valence-corrected chi connectivity index (χ4v) is 1.54. The number of aryl methyl sites for hydroxylation is 1. The first-order valence-electron chi connectivity index (χ1n) is 3.63. The highest BCUT2D eigenvalue weighted by Gasteiger charge is 2.40. The lowest BCUT2D eigenvalue weighted by molar-refractivity contribution is -0.00591. The van der Waals surface area contributed by atoms with Gasteiger partial charge in [0, 0.05) is 6.42 Å². The summed E-state index contributed by atoms with van der Waals surface area (Å²) in [6, 6.07) is 3.16. The van der Waals surface area contributed by atoms with E-state index < -0.39 is 5.92 Å². The molecule has 0 unspecified atom stereocenters. The fourth-order valence-electron chi connectivity index (χ4n) is 1.39. The molecule has 0 radical (unpaired) electrons. The van der Waals surface area contributed by atoms with Gasteiger partial charge < -0.3 is 0 Å². The van der Waals surface area contributed by atoms with Crippen LogP contribution in [-0.2, 0) is 12.3 Å². The van der Waals surface area contributed by atoms with Crippen LogP contribution in [-0.4, -0.2) is 4.98 Å². The van der Waals surface area contributed by atoms with Crippen molar-refractivity contribution >= 4 is 11.6 Å². The van der Waals surface area contributed by atoms with Crippen molar-refractivity contribution in [2.45, 2.75) is 18.8 Å². The summed E-state index contributed by atoms with van der Waals surface area (Å²) in [5, 5.41) is 0.135. The van der Waals surface area contributed by atoms with Crippen LogP contribution < -0.4 is 0 Å². The highest BCUT2D eigenvalue weighted by molar-refractivity contribution is 6.29. The van der Waals surface area contributed by atoms with Gasteiger partial charge in [-0.3, -0.25) is 0 Å². The van der Waals surface area contributed by atoms with Gasteiger partial charge in [0.15, 0.2) is 0 Å². The van der Waals surface area contributed by atoms with Crippen molar-refractivity contribution in [1.82, 2.24) is 4.98 Å². The second kappa shape index (κ2) is 2.39. The summed E-state index contributed by atoms with van der Waals surface area (Å²) in [7, 11) is 0. The Kier molecular flexibility index (Phi) is 1.58. The Labute approximate surface area is 73.4 Å². The van der Waals surface area contributed by atoms with Crippen LogP contribution in [0.5, 0.6) is 0 Å². The highest BCUT2D eigenvalue weighted by Crippen LogP contribution is 2.40. The quantitative estimate of drug-likeness (QED) is 0.572. The zero-order chi connectivity index (χ0) is 8.77. The van der Waals surface area contributed by atoms with Gasteiger partial charge in [-0.15, -0.1) is 0 Å². The van der Waals surface area contributed by atoms with Crippen LogP contribution in [0, 0.1) is 0 Å². The summed E-state index contributed by atoms with van der Waals surface area (Å²) in [5.41, 5.74) is 0.472. The van der Waals surface area contributed by atoms with E-state index in [1.54, 1.807) is 12.1 Å². The number of hydrogen-bond donors (Lipinski definition) is 0. The maximum absolute atomic E-state index is 13.0. The Morgan fingerprint density at radius 3 is 2.92 bits per heavy atom. The number of rotatable bonds is 0. The van der Waals surface area contributed by atoms with E-state index in [1.165, 1.54) is 0 Å². The average Bonchev–Trinajstić information content (AvgIpc) is 2.28. The molecule has 1 aliphatic carbocycles. The van der Waals surface area contributed by atoms with Gasteiger partial charge in [0.25, 0.3) is 5.92 Å². The highest BCUT2D eigenvalue weighted by atomic mass is 35.5. The topological polar surface area (TPSA) is 12.9 Å². The minimum Gasteiger partial charge on any atom is -0.235 e. The maximum atomic E-state index is 13.0. The van der Waals surface area contributed by atoms with Crippen molar-refractivity contribution in [1.29, 1.82) is 0 Å². The fraction of sp³-hybridized carbons (Fsp3) is 0.375. The predicted molar refractivity (Wildman–Crippen MR) is 41.5 cm³/mol. The number of halogens is 3. The van der Waals surface area contributed by atoms with Crippen LogP contribution in [0.3, 0.4) is 0 Å². The third-order valence-electron chi connectivity index (χ3n) is 2.00. The molecule has 12 heavy (non-hydrogen) atoms. The molecule has 0 aromatic carbocycles. The van der Waals surface area contributed by atoms with Gasteiger partial charge in [0.05, 0.1) is 0 Å². The van der Waals surface area contributed by atoms with Crippen LogP contribution >= 0.6 is 11.6 Å². The minimum absolute atomic E-state index is 0.135. The van der Waals surface area contributed by atoms with Gasteiger partial charge in [-0.2, -0.15) is 8.78 Å². The van der Waals surface area contributed by atoms with Gasteiger partial charge in [0.1, 0.15) is 10.8 Å². The van der Waals surface area contributed by atoms with Crippen molar-refractivity contribution in [2.24, 2.45) is 0 Å². The molecule has 0 N–H and O–H groups in total. The smallest absolute Gasteiger partial charge is 0.235 e. The van der Waals surface area contributed by atoms with E-state index in [-0.39, 0.29) is 17.3 Å². The van der Waals surface area contributed by atoms with Gasteiger partial charge in [-0.25, -0.2) is 4.98 Å². The van der Waals surface area contributed by atoms with E-state index in [0.717, 1.165) is 0 Å². The van der Waals surface area contributed by atoms with E-state index >= 15 is 0 Å². The van der Waals surface area contributed by atoms with Gasteiger partial charge in [0.2, 0.25) is 0 Å². The molecular weight excluding hydrogens is 184 g/mol. The standard InChI is InChI=1S/C8H6ClF2N/c9-6-2-1-5-3-4-8(10,11)7(5)12-6/h1-2H,3-4H2. The van der Waals surface area contributed by atoms with Crippen molar-refractivity contribution in [3.05, 3.63) is 28.5 Å². The molecule has 0 fully saturated rings. The molecule has 0 atom stereocenters. The molecule has 0 bridgehead atoms. The molecule has 1 aliphatic rings. The molecule has 0 aliphatic heterocycles. The molecule has 1 nitrogen and oxygen atoms in total. The molecule has 1 heterocycles. The second-order valence-corrected chi connectivity index (χ2v) is 3.23. The van der Waals surface area contributed by atoms with Crippen molar-refractivity contribution in [3.8, 4) is 0 Å². The summed E-state index contributed by atoms with van der Waals surface area (Å²) in [4.78, 5) is 3.62. The predicted octanol–water partition coefficient (Wildman–Crippen LogP) is 2.77. The molecule has 0 saturated carbocycles. The van der Waals surface area contributed by atoms with E-state index in [0.29, 0.717) is 12.0 Å². The third-order valence-corrected chi connectivity index (χ3v) is 2.21. The largest absolute Gasteiger partial charge is 0.290 e. The molecule has 1 aromatic heterocycles. The Morgan fingerprint density at radius 1 is 1.42 bits per heavy atom. The molecule has 0 saturated heterocycles. The molecule has 0 spiro atoms. The van der Waals surface area contributed by atoms with E-state index in [2.05, 4.69) is 4.98 Å². The molecular formula is C8H6ClF2N. The minimum atomic E-state index is -2.78. The Bertz CT molecular complexity index is 325. The number of alkyl halides is 2. The molecule has 2 rings (SSSR count). The number of nitrogens with zero attached hydrogens (tertiary/aromatic N) is 1. The van der Waals surface area contributed by atoms with Gasteiger partial charge in [-0.1, -0.05) is 17.7 Å². The summed E-state index contributed by atoms with van der Waals surface area (Å²) >= 11 is 5.51. The van der Waals surface area contributed by atoms with Crippen LogP contribution in [0.4, 0.5) is 8.78 Å². The third kappa shape index (κ3) is 1.08. The maximum Gasteiger partial charge on any atom is 0.290 e. The van der Waals surface area contributed by atoms with E-state index in [1.807, 2.05) is 0 Å². The summed E-state index contributed by atoms with van der Waals surface area (Å²) < 4.78 is 26.0. The zero-order valence-electron chi connectivity index (χ0n) is 6.15. The summed E-state index contributed by atoms with van der Waals surface area (Å²) in [6.45, 7) is 0. The molecule has 0 amide bonds. The number of pyridine rings is 1. The first-order valence-corrected chi connectivity index (χ1v) is 4.01. The average molecular weight is 190 g/mol.